The summed E-state index contributed by atoms with van der Waals surface area (Å²) in [6, 6.07) is 10.3. The van der Waals surface area contributed by atoms with Crippen molar-refractivity contribution in [1.29, 1.82) is 0 Å². The first-order valence-electron chi connectivity index (χ1n) is 10.2. The zero-order valence-corrected chi connectivity index (χ0v) is 19.0. The first-order chi connectivity index (χ1) is 12.8. The van der Waals surface area contributed by atoms with Crippen molar-refractivity contribution in [1.82, 2.24) is 10.6 Å². The van der Waals surface area contributed by atoms with Crippen LogP contribution in [0.4, 0.5) is 5.69 Å². The highest BCUT2D eigenvalue weighted by atomic mass is 127. The Bertz CT molecular complexity index is 513. The number of benzene rings is 1. The quantitative estimate of drug-likeness (QED) is 0.174. The van der Waals surface area contributed by atoms with E-state index < -0.39 is 0 Å². The summed E-state index contributed by atoms with van der Waals surface area (Å²) in [5, 5.41) is 19.7. The van der Waals surface area contributed by atoms with Gasteiger partial charge in [0.05, 0.1) is 0 Å². The molecule has 0 amide bonds. The van der Waals surface area contributed by atoms with Gasteiger partial charge in [-0.1, -0.05) is 37.5 Å². The van der Waals surface area contributed by atoms with E-state index in [0.29, 0.717) is 0 Å². The van der Waals surface area contributed by atoms with Crippen LogP contribution in [0.15, 0.2) is 35.3 Å². The molecule has 2 rings (SSSR count). The third kappa shape index (κ3) is 9.14. The van der Waals surface area contributed by atoms with Crippen LogP contribution in [0, 0.1) is 5.41 Å². The molecule has 154 valence electrons. The van der Waals surface area contributed by atoms with Crippen molar-refractivity contribution >= 4 is 35.6 Å². The molecule has 0 bridgehead atoms. The number of guanidine groups is 1. The van der Waals surface area contributed by atoms with Crippen molar-refractivity contribution in [2.75, 3.05) is 38.1 Å². The largest absolute Gasteiger partial charge is 0.396 e. The molecule has 1 saturated carbocycles. The fraction of sp³-hybridized carbons (Fsp3) is 0.667. The molecule has 0 aliphatic heterocycles. The standard InChI is InChI=1S/C21H36N4O.HI/c1-2-22-20(24-16-9-15-23-19-10-5-3-6-11-19)25-18-21(14-17-26)12-7-4-8-13-21;/h3,5-6,10-11,23,26H,2,4,7-9,12-18H2,1H3,(H2,22,24,25);1H. The van der Waals surface area contributed by atoms with Crippen molar-refractivity contribution in [3.63, 3.8) is 0 Å². The number of aliphatic hydroxyl groups is 1. The number of aliphatic imine (C=N–C) groups is 1. The summed E-state index contributed by atoms with van der Waals surface area (Å²) in [5.74, 6) is 0.898. The van der Waals surface area contributed by atoms with Crippen LogP contribution in [-0.2, 0) is 0 Å². The Labute approximate surface area is 181 Å². The molecular formula is C21H37IN4O. The molecule has 1 aromatic carbocycles. The fourth-order valence-electron chi connectivity index (χ4n) is 3.70. The highest BCUT2D eigenvalue weighted by Gasteiger charge is 2.31. The summed E-state index contributed by atoms with van der Waals surface area (Å²) in [7, 11) is 0. The van der Waals surface area contributed by atoms with Crippen LogP contribution in [0.25, 0.3) is 0 Å². The average Bonchev–Trinajstić information content (AvgIpc) is 2.67. The molecule has 27 heavy (non-hydrogen) atoms. The molecule has 0 unspecified atom stereocenters. The monoisotopic (exact) mass is 488 g/mol. The number of halogens is 1. The molecule has 0 saturated heterocycles. The molecule has 0 radical (unpaired) electrons. The smallest absolute Gasteiger partial charge is 0.191 e. The van der Waals surface area contributed by atoms with Gasteiger partial charge in [-0.3, -0.25) is 4.99 Å². The summed E-state index contributed by atoms with van der Waals surface area (Å²) >= 11 is 0. The number of nitrogens with one attached hydrogen (secondary N) is 3. The summed E-state index contributed by atoms with van der Waals surface area (Å²) in [5.41, 5.74) is 1.36. The van der Waals surface area contributed by atoms with Crippen LogP contribution in [0.5, 0.6) is 0 Å². The SMILES string of the molecule is CCNC(=NCC1(CCO)CCCCC1)NCCCNc1ccccc1.I. The lowest BCUT2D eigenvalue weighted by Gasteiger charge is -2.35. The number of para-hydroxylation sites is 1. The molecule has 0 heterocycles. The van der Waals surface area contributed by atoms with Crippen LogP contribution >= 0.6 is 24.0 Å². The third-order valence-corrected chi connectivity index (χ3v) is 5.22. The van der Waals surface area contributed by atoms with Crippen LogP contribution in [-0.4, -0.2) is 43.9 Å². The molecule has 4 N–H and O–H groups in total. The van der Waals surface area contributed by atoms with Gasteiger partial charge in [-0.2, -0.15) is 0 Å². The normalized spacial score (nSPS) is 16.3. The fourth-order valence-corrected chi connectivity index (χ4v) is 3.70. The van der Waals surface area contributed by atoms with Gasteiger partial charge >= 0.3 is 0 Å². The maximum Gasteiger partial charge on any atom is 0.191 e. The molecular weight excluding hydrogens is 451 g/mol. The van der Waals surface area contributed by atoms with E-state index in [-0.39, 0.29) is 36.0 Å². The lowest BCUT2D eigenvalue weighted by Crippen LogP contribution is -2.39. The summed E-state index contributed by atoms with van der Waals surface area (Å²) in [6.45, 7) is 5.86. The summed E-state index contributed by atoms with van der Waals surface area (Å²) < 4.78 is 0. The van der Waals surface area contributed by atoms with E-state index in [2.05, 4.69) is 35.0 Å². The molecule has 1 aliphatic carbocycles. The van der Waals surface area contributed by atoms with Crippen molar-refractivity contribution in [2.24, 2.45) is 10.4 Å². The Morgan fingerprint density at radius 2 is 1.81 bits per heavy atom. The number of anilines is 1. The van der Waals surface area contributed by atoms with Gasteiger partial charge in [-0.15, -0.1) is 24.0 Å². The Kier molecular flexibility index (Phi) is 12.5. The molecule has 6 heteroatoms. The summed E-state index contributed by atoms with van der Waals surface area (Å²) in [6.07, 6.45) is 8.14. The van der Waals surface area contributed by atoms with Gasteiger partial charge in [0.15, 0.2) is 5.96 Å². The molecule has 0 spiro atoms. The lowest BCUT2D eigenvalue weighted by atomic mass is 9.72. The van der Waals surface area contributed by atoms with Crippen molar-refractivity contribution < 1.29 is 5.11 Å². The van der Waals surface area contributed by atoms with Gasteiger partial charge in [0.2, 0.25) is 0 Å². The van der Waals surface area contributed by atoms with Crippen LogP contribution in [0.1, 0.15) is 51.9 Å². The van der Waals surface area contributed by atoms with Gasteiger partial charge in [0.25, 0.3) is 0 Å². The third-order valence-electron chi connectivity index (χ3n) is 5.22. The predicted octanol–water partition coefficient (Wildman–Crippen LogP) is 3.99. The Morgan fingerprint density at radius 1 is 1.07 bits per heavy atom. The van der Waals surface area contributed by atoms with Crippen molar-refractivity contribution in [3.8, 4) is 0 Å². The Morgan fingerprint density at radius 3 is 2.48 bits per heavy atom. The second kappa shape index (κ2) is 14.0. The van der Waals surface area contributed by atoms with E-state index in [0.717, 1.165) is 50.7 Å². The predicted molar refractivity (Wildman–Crippen MR) is 126 cm³/mol. The van der Waals surface area contributed by atoms with Crippen LogP contribution in [0.3, 0.4) is 0 Å². The Hall–Kier alpha value is -1.02. The van der Waals surface area contributed by atoms with Gasteiger partial charge in [-0.25, -0.2) is 0 Å². The maximum absolute atomic E-state index is 9.46. The number of rotatable bonds is 10. The van der Waals surface area contributed by atoms with E-state index >= 15 is 0 Å². The van der Waals surface area contributed by atoms with E-state index in [1.54, 1.807) is 0 Å². The highest BCUT2D eigenvalue weighted by Crippen LogP contribution is 2.39. The first kappa shape index (κ1) is 24.0. The number of aliphatic hydroxyl groups excluding tert-OH is 1. The minimum atomic E-state index is 0. The van der Waals surface area contributed by atoms with Gasteiger partial charge in [0.1, 0.15) is 0 Å². The van der Waals surface area contributed by atoms with E-state index in [1.165, 1.54) is 32.1 Å². The van der Waals surface area contributed by atoms with Crippen molar-refractivity contribution in [2.45, 2.75) is 51.9 Å². The number of nitrogens with zero attached hydrogens (tertiary/aromatic N) is 1. The topological polar surface area (TPSA) is 68.7 Å². The van der Waals surface area contributed by atoms with Gasteiger partial charge in [-0.05, 0) is 50.2 Å². The van der Waals surface area contributed by atoms with Crippen LogP contribution in [0.2, 0.25) is 0 Å². The van der Waals surface area contributed by atoms with Crippen LogP contribution < -0.4 is 16.0 Å². The highest BCUT2D eigenvalue weighted by molar-refractivity contribution is 14.0. The van der Waals surface area contributed by atoms with E-state index in [1.807, 2.05) is 18.2 Å². The zero-order valence-electron chi connectivity index (χ0n) is 16.7. The second-order valence-corrected chi connectivity index (χ2v) is 7.30. The van der Waals surface area contributed by atoms with Gasteiger partial charge in [0, 0.05) is 38.5 Å². The van der Waals surface area contributed by atoms with Gasteiger partial charge < -0.3 is 21.1 Å². The molecule has 0 aromatic heterocycles. The van der Waals surface area contributed by atoms with E-state index in [4.69, 9.17) is 4.99 Å². The maximum atomic E-state index is 9.46. The summed E-state index contributed by atoms with van der Waals surface area (Å²) in [4.78, 5) is 4.85. The molecule has 0 atom stereocenters. The first-order valence-corrected chi connectivity index (χ1v) is 10.2. The second-order valence-electron chi connectivity index (χ2n) is 7.30. The molecule has 1 aromatic rings. The van der Waals surface area contributed by atoms with Crippen molar-refractivity contribution in [3.05, 3.63) is 30.3 Å². The zero-order chi connectivity index (χ0) is 18.5. The number of hydrogen-bond donors (Lipinski definition) is 4. The average molecular weight is 488 g/mol. The molecule has 1 aliphatic rings. The minimum absolute atomic E-state index is 0. The Balaban J connectivity index is 0.00000364. The van der Waals surface area contributed by atoms with E-state index in [9.17, 15) is 5.11 Å². The number of hydrogen-bond acceptors (Lipinski definition) is 3. The molecule has 1 fully saturated rings. The molecule has 5 nitrogen and oxygen atoms in total. The minimum Gasteiger partial charge on any atom is -0.396 e. The lowest BCUT2D eigenvalue weighted by molar-refractivity contribution is 0.137.